The topological polar surface area (TPSA) is 64.3 Å². The highest BCUT2D eigenvalue weighted by Crippen LogP contribution is 2.13. The van der Waals surface area contributed by atoms with Crippen molar-refractivity contribution in [2.45, 2.75) is 13.3 Å². The van der Waals surface area contributed by atoms with Gasteiger partial charge in [0, 0.05) is 26.2 Å². The van der Waals surface area contributed by atoms with E-state index in [1.165, 1.54) is 6.33 Å². The lowest BCUT2D eigenvalue weighted by molar-refractivity contribution is 0.304. The molecule has 0 aliphatic carbocycles. The molecular formula is C10H18N4O. The van der Waals surface area contributed by atoms with Crippen LogP contribution in [0.25, 0.3) is 0 Å². The van der Waals surface area contributed by atoms with Gasteiger partial charge in [0.1, 0.15) is 12.1 Å². The van der Waals surface area contributed by atoms with Crippen LogP contribution in [0.2, 0.25) is 0 Å². The lowest BCUT2D eigenvalue weighted by Gasteiger charge is -2.16. The first-order valence-corrected chi connectivity index (χ1v) is 5.14. The molecule has 84 valence electrons. The van der Waals surface area contributed by atoms with E-state index in [1.54, 1.807) is 0 Å². The third-order valence-electron chi connectivity index (χ3n) is 1.94. The third-order valence-corrected chi connectivity index (χ3v) is 1.94. The van der Waals surface area contributed by atoms with Crippen molar-refractivity contribution in [3.63, 3.8) is 0 Å². The van der Waals surface area contributed by atoms with E-state index in [0.717, 1.165) is 18.8 Å². The Hall–Kier alpha value is -1.36. The Labute approximate surface area is 90.3 Å². The van der Waals surface area contributed by atoms with Crippen LogP contribution in [0.1, 0.15) is 13.3 Å². The van der Waals surface area contributed by atoms with E-state index in [0.29, 0.717) is 19.0 Å². The minimum absolute atomic E-state index is 0.603. The molecule has 2 N–H and O–H groups in total. The van der Waals surface area contributed by atoms with Crippen LogP contribution < -0.4 is 15.4 Å². The van der Waals surface area contributed by atoms with Gasteiger partial charge >= 0.3 is 0 Å². The van der Waals surface area contributed by atoms with Crippen LogP contribution in [0.4, 0.5) is 5.82 Å². The van der Waals surface area contributed by atoms with Crippen molar-refractivity contribution >= 4 is 5.82 Å². The number of hydrogen-bond acceptors (Lipinski definition) is 5. The molecule has 0 fully saturated rings. The number of nitrogens with two attached hydrogens (primary N) is 1. The normalized spacial score (nSPS) is 10.1. The van der Waals surface area contributed by atoms with E-state index >= 15 is 0 Å². The second-order valence-electron chi connectivity index (χ2n) is 3.27. The zero-order valence-electron chi connectivity index (χ0n) is 9.31. The van der Waals surface area contributed by atoms with Crippen molar-refractivity contribution < 1.29 is 4.74 Å². The van der Waals surface area contributed by atoms with Gasteiger partial charge in [-0.2, -0.15) is 0 Å². The number of anilines is 1. The molecule has 5 nitrogen and oxygen atoms in total. The summed E-state index contributed by atoms with van der Waals surface area (Å²) in [4.78, 5) is 10.1. The lowest BCUT2D eigenvalue weighted by atomic mass is 10.4. The Bertz CT molecular complexity index is 293. The van der Waals surface area contributed by atoms with E-state index in [1.807, 2.05) is 18.0 Å². The van der Waals surface area contributed by atoms with Crippen molar-refractivity contribution in [1.29, 1.82) is 0 Å². The second kappa shape index (κ2) is 6.19. The van der Waals surface area contributed by atoms with Gasteiger partial charge in [0.2, 0.25) is 5.88 Å². The molecule has 15 heavy (non-hydrogen) atoms. The van der Waals surface area contributed by atoms with Crippen LogP contribution in [0.15, 0.2) is 12.4 Å². The van der Waals surface area contributed by atoms with Crippen LogP contribution in [0, 0.1) is 0 Å². The number of likely N-dealkylation sites (N-methyl/N-ethyl adjacent to an activating group) is 1. The van der Waals surface area contributed by atoms with Gasteiger partial charge in [-0.05, 0) is 6.42 Å². The second-order valence-corrected chi connectivity index (χ2v) is 3.27. The number of ether oxygens (including phenoxy) is 1. The van der Waals surface area contributed by atoms with E-state index in [4.69, 9.17) is 10.5 Å². The standard InChI is InChI=1S/C10H18N4O/c1-3-6-15-10-7-9(12-8-13-10)14(2)5-4-11/h7-8H,3-6,11H2,1-2H3. The Balaban J connectivity index is 2.64. The van der Waals surface area contributed by atoms with Crippen molar-refractivity contribution in [2.75, 3.05) is 31.6 Å². The van der Waals surface area contributed by atoms with E-state index in [9.17, 15) is 0 Å². The van der Waals surface area contributed by atoms with E-state index < -0.39 is 0 Å². The van der Waals surface area contributed by atoms with Crippen LogP contribution in [0.5, 0.6) is 5.88 Å². The molecule has 1 aromatic rings. The summed E-state index contributed by atoms with van der Waals surface area (Å²) in [7, 11) is 1.94. The molecule has 1 heterocycles. The molecule has 0 spiro atoms. The van der Waals surface area contributed by atoms with Crippen LogP contribution >= 0.6 is 0 Å². The summed E-state index contributed by atoms with van der Waals surface area (Å²) in [5.41, 5.74) is 5.47. The average molecular weight is 210 g/mol. The fraction of sp³-hybridized carbons (Fsp3) is 0.600. The number of nitrogens with zero attached hydrogens (tertiary/aromatic N) is 3. The Morgan fingerprint density at radius 1 is 1.47 bits per heavy atom. The summed E-state index contributed by atoms with van der Waals surface area (Å²) in [6.07, 6.45) is 2.48. The highest BCUT2D eigenvalue weighted by atomic mass is 16.5. The van der Waals surface area contributed by atoms with E-state index in [-0.39, 0.29) is 0 Å². The largest absolute Gasteiger partial charge is 0.478 e. The molecular weight excluding hydrogens is 192 g/mol. The summed E-state index contributed by atoms with van der Waals surface area (Å²) in [5.74, 6) is 1.45. The Morgan fingerprint density at radius 3 is 2.93 bits per heavy atom. The van der Waals surface area contributed by atoms with Gasteiger partial charge in [-0.1, -0.05) is 6.92 Å². The lowest BCUT2D eigenvalue weighted by Crippen LogP contribution is -2.25. The fourth-order valence-electron chi connectivity index (χ4n) is 1.13. The highest BCUT2D eigenvalue weighted by molar-refractivity contribution is 5.39. The Kier molecular flexibility index (Phi) is 4.83. The SMILES string of the molecule is CCCOc1cc(N(C)CCN)ncn1. The molecule has 0 saturated heterocycles. The molecule has 1 rings (SSSR count). The van der Waals surface area contributed by atoms with E-state index in [2.05, 4.69) is 16.9 Å². The van der Waals surface area contributed by atoms with Crippen LogP contribution in [-0.4, -0.2) is 36.7 Å². The third kappa shape index (κ3) is 3.71. The molecule has 5 heteroatoms. The molecule has 0 aromatic carbocycles. The predicted octanol–water partition coefficient (Wildman–Crippen LogP) is 0.660. The van der Waals surface area contributed by atoms with Gasteiger partial charge in [0.25, 0.3) is 0 Å². The maximum Gasteiger partial charge on any atom is 0.218 e. The summed E-state index contributed by atoms with van der Waals surface area (Å²) < 4.78 is 5.42. The van der Waals surface area contributed by atoms with Crippen molar-refractivity contribution in [3.05, 3.63) is 12.4 Å². The van der Waals surface area contributed by atoms with Gasteiger partial charge in [-0.15, -0.1) is 0 Å². The monoisotopic (exact) mass is 210 g/mol. The Morgan fingerprint density at radius 2 is 2.27 bits per heavy atom. The number of aromatic nitrogens is 2. The first kappa shape index (κ1) is 11.7. The fourth-order valence-corrected chi connectivity index (χ4v) is 1.13. The molecule has 0 bridgehead atoms. The molecule has 0 radical (unpaired) electrons. The minimum atomic E-state index is 0.603. The maximum atomic E-state index is 5.47. The molecule has 0 aliphatic heterocycles. The summed E-state index contributed by atoms with van der Waals surface area (Å²) in [5, 5.41) is 0. The quantitative estimate of drug-likeness (QED) is 0.747. The van der Waals surface area contributed by atoms with Crippen molar-refractivity contribution in [2.24, 2.45) is 5.73 Å². The minimum Gasteiger partial charge on any atom is -0.478 e. The molecule has 1 aromatic heterocycles. The van der Waals surface area contributed by atoms with Gasteiger partial charge in [0.15, 0.2) is 0 Å². The van der Waals surface area contributed by atoms with Gasteiger partial charge in [-0.3, -0.25) is 0 Å². The number of rotatable bonds is 6. The van der Waals surface area contributed by atoms with Crippen molar-refractivity contribution in [1.82, 2.24) is 9.97 Å². The van der Waals surface area contributed by atoms with Crippen LogP contribution in [-0.2, 0) is 0 Å². The summed E-state index contributed by atoms with van der Waals surface area (Å²) in [6, 6.07) is 1.82. The average Bonchev–Trinajstić information content (AvgIpc) is 2.27. The van der Waals surface area contributed by atoms with Gasteiger partial charge in [0.05, 0.1) is 6.61 Å². The molecule has 0 saturated carbocycles. The predicted molar refractivity (Wildman–Crippen MR) is 60.1 cm³/mol. The zero-order valence-corrected chi connectivity index (χ0v) is 9.31. The maximum absolute atomic E-state index is 5.47. The van der Waals surface area contributed by atoms with Gasteiger partial charge < -0.3 is 15.4 Å². The number of hydrogen-bond donors (Lipinski definition) is 1. The molecule has 0 amide bonds. The molecule has 0 unspecified atom stereocenters. The summed E-state index contributed by atoms with van der Waals surface area (Å²) in [6.45, 7) is 4.11. The molecule has 0 aliphatic rings. The summed E-state index contributed by atoms with van der Waals surface area (Å²) >= 11 is 0. The van der Waals surface area contributed by atoms with Crippen LogP contribution in [0.3, 0.4) is 0 Å². The zero-order chi connectivity index (χ0) is 11.1. The highest BCUT2D eigenvalue weighted by Gasteiger charge is 2.03. The first-order valence-electron chi connectivity index (χ1n) is 5.14. The van der Waals surface area contributed by atoms with Gasteiger partial charge in [-0.25, -0.2) is 9.97 Å². The smallest absolute Gasteiger partial charge is 0.218 e. The first-order chi connectivity index (χ1) is 7.27. The van der Waals surface area contributed by atoms with Crippen molar-refractivity contribution in [3.8, 4) is 5.88 Å². The molecule has 0 atom stereocenters.